The van der Waals surface area contributed by atoms with Gasteiger partial charge in [0.15, 0.2) is 11.6 Å². The highest BCUT2D eigenvalue weighted by Gasteiger charge is 2.49. The third kappa shape index (κ3) is 7.89. The lowest BCUT2D eigenvalue weighted by Crippen LogP contribution is -2.58. The van der Waals surface area contributed by atoms with Crippen LogP contribution in [0.4, 0.5) is 20.2 Å². The zero-order valence-corrected chi connectivity index (χ0v) is 33.2. The fourth-order valence-corrected chi connectivity index (χ4v) is 9.95. The molecule has 310 valence electrons. The quantitative estimate of drug-likeness (QED) is 0.144. The molecule has 2 bridgehead atoms. The van der Waals surface area contributed by atoms with E-state index in [1.165, 1.54) is 18.2 Å². The van der Waals surface area contributed by atoms with Crippen LogP contribution in [0.2, 0.25) is 0 Å². The van der Waals surface area contributed by atoms with E-state index in [1.54, 1.807) is 23.0 Å². The Kier molecular flexibility index (Phi) is 11.4. The maximum atomic E-state index is 15.6. The summed E-state index contributed by atoms with van der Waals surface area (Å²) in [4.78, 5) is 44.7. The molecule has 4 atom stereocenters. The van der Waals surface area contributed by atoms with E-state index in [2.05, 4.69) is 20.5 Å². The van der Waals surface area contributed by atoms with Gasteiger partial charge in [-0.15, -0.1) is 0 Å². The molecule has 5 aliphatic rings. The standard InChI is InChI=1S/C42H43F2N7O6.C2H6/c43-32-4-5-34(46)31(18-45)39(32)57-28-2-6-35-30(16-28)41(54)51(22-47-35)27-17-42(56-21-27)9-11-50(12-10-42)38-24-13-23(14-25(38)20-55-19-24)29-3-1-26(15-33(29)44)48-36-7-8-37(52)49-40(36)53;1-2/h1-6,15-16,22-25,27,36,38,48H,7-14,17,19-21,46H2,(H,49,52,53);1-2H3. The Hall–Kier alpha value is -5.43. The van der Waals surface area contributed by atoms with E-state index in [0.717, 1.165) is 44.8 Å². The molecular formula is C44H49F2N7O6. The van der Waals surface area contributed by atoms with Gasteiger partial charge in [-0.3, -0.25) is 29.2 Å². The summed E-state index contributed by atoms with van der Waals surface area (Å²) >= 11 is 0. The van der Waals surface area contributed by atoms with Crippen molar-refractivity contribution in [3.63, 3.8) is 0 Å². The maximum Gasteiger partial charge on any atom is 0.261 e. The molecule has 1 aliphatic carbocycles. The number of nitrogens with one attached hydrogen (secondary N) is 2. The lowest BCUT2D eigenvalue weighted by atomic mass is 9.67. The summed E-state index contributed by atoms with van der Waals surface area (Å²) in [6.07, 6.45) is 6.12. The molecular weight excluding hydrogens is 761 g/mol. The number of benzene rings is 3. The van der Waals surface area contributed by atoms with Crippen LogP contribution in [0, 0.1) is 34.8 Å². The van der Waals surface area contributed by atoms with Crippen LogP contribution in [-0.2, 0) is 19.1 Å². The minimum absolute atomic E-state index is 0.0599. The van der Waals surface area contributed by atoms with Crippen LogP contribution in [0.25, 0.3) is 10.9 Å². The Balaban J connectivity index is 0.00000238. The number of ether oxygens (including phenoxy) is 3. The Morgan fingerprint density at radius 2 is 1.76 bits per heavy atom. The maximum absolute atomic E-state index is 15.6. The number of aromatic nitrogens is 2. The van der Waals surface area contributed by atoms with Crippen molar-refractivity contribution in [1.29, 1.82) is 5.26 Å². The fraction of sp³-hybridized carbons (Fsp3) is 0.477. The molecule has 4 aromatic rings. The Bertz CT molecular complexity index is 2340. The molecule has 5 heterocycles. The molecule has 9 rings (SSSR count). The number of carbonyl (C=O) groups excluding carboxylic acids is 2. The predicted octanol–water partition coefficient (Wildman–Crippen LogP) is 6.17. The SMILES string of the molecule is CC.N#Cc1c(N)ccc(F)c1Oc1ccc2ncn(C3COC4(CCN(C5C6COCC5CC(c5ccc(NC7CCC(=O)NC7=O)cc5F)C6)CC4)C3)c(=O)c2c1. The van der Waals surface area contributed by atoms with Crippen molar-refractivity contribution < 1.29 is 32.6 Å². The number of nitrogen functional groups attached to an aromatic ring is 1. The van der Waals surface area contributed by atoms with E-state index in [4.69, 9.17) is 19.9 Å². The van der Waals surface area contributed by atoms with Gasteiger partial charge in [0.1, 0.15) is 29.2 Å². The van der Waals surface area contributed by atoms with Crippen molar-refractivity contribution in [3.05, 3.63) is 88.0 Å². The summed E-state index contributed by atoms with van der Waals surface area (Å²) in [5.41, 5.74) is 6.87. The first-order valence-electron chi connectivity index (χ1n) is 20.6. The molecule has 4 aliphatic heterocycles. The summed E-state index contributed by atoms with van der Waals surface area (Å²) < 4.78 is 50.2. The molecule has 15 heteroatoms. The zero-order chi connectivity index (χ0) is 41.4. The molecule has 4 unspecified atom stereocenters. The van der Waals surface area contributed by atoms with Gasteiger partial charge in [0.25, 0.3) is 5.56 Å². The lowest BCUT2D eigenvalue weighted by molar-refractivity contribution is -0.133. The van der Waals surface area contributed by atoms with Crippen molar-refractivity contribution in [1.82, 2.24) is 19.8 Å². The molecule has 1 aromatic heterocycles. The van der Waals surface area contributed by atoms with Gasteiger partial charge in [0, 0.05) is 31.2 Å². The van der Waals surface area contributed by atoms with Gasteiger partial charge < -0.3 is 25.3 Å². The number of nitrogens with zero attached hydrogens (tertiary/aromatic N) is 4. The Labute approximate surface area is 340 Å². The summed E-state index contributed by atoms with van der Waals surface area (Å²) in [5, 5.41) is 15.2. The highest BCUT2D eigenvalue weighted by Crippen LogP contribution is 2.48. The molecule has 5 fully saturated rings. The summed E-state index contributed by atoms with van der Waals surface area (Å²) in [6, 6.07) is 13.7. The van der Waals surface area contributed by atoms with Crippen LogP contribution >= 0.6 is 0 Å². The number of likely N-dealkylation sites (tertiary alicyclic amines) is 1. The molecule has 4 saturated heterocycles. The van der Waals surface area contributed by atoms with Gasteiger partial charge >= 0.3 is 0 Å². The number of hydrogen-bond acceptors (Lipinski definition) is 11. The summed E-state index contributed by atoms with van der Waals surface area (Å²) in [7, 11) is 0. The molecule has 1 spiro atoms. The first-order valence-corrected chi connectivity index (χ1v) is 20.6. The van der Waals surface area contributed by atoms with E-state index in [0.29, 0.717) is 60.9 Å². The van der Waals surface area contributed by atoms with E-state index in [9.17, 15) is 24.0 Å². The van der Waals surface area contributed by atoms with Crippen molar-refractivity contribution in [2.24, 2.45) is 11.8 Å². The average molecular weight is 810 g/mol. The molecule has 1 saturated carbocycles. The van der Waals surface area contributed by atoms with E-state index in [1.807, 2.05) is 32.0 Å². The fourth-order valence-electron chi connectivity index (χ4n) is 9.95. The highest BCUT2D eigenvalue weighted by atomic mass is 19.1. The number of halogens is 2. The van der Waals surface area contributed by atoms with Gasteiger partial charge in [-0.05, 0) is 104 Å². The number of fused-ring (bicyclic) bond motifs is 3. The van der Waals surface area contributed by atoms with Crippen LogP contribution in [0.5, 0.6) is 11.5 Å². The smallest absolute Gasteiger partial charge is 0.261 e. The molecule has 0 radical (unpaired) electrons. The molecule has 13 nitrogen and oxygen atoms in total. The van der Waals surface area contributed by atoms with Gasteiger partial charge in [-0.2, -0.15) is 5.26 Å². The largest absolute Gasteiger partial charge is 0.453 e. The minimum atomic E-state index is -0.742. The topological polar surface area (TPSA) is 174 Å². The number of hydrogen-bond donors (Lipinski definition) is 3. The second-order valence-electron chi connectivity index (χ2n) is 16.2. The van der Waals surface area contributed by atoms with Crippen LogP contribution in [-0.4, -0.2) is 76.9 Å². The summed E-state index contributed by atoms with van der Waals surface area (Å²) in [6.45, 7) is 7.34. The highest BCUT2D eigenvalue weighted by molar-refractivity contribution is 6.01. The van der Waals surface area contributed by atoms with Crippen LogP contribution < -0.4 is 26.7 Å². The number of rotatable bonds is 7. The van der Waals surface area contributed by atoms with E-state index < -0.39 is 17.8 Å². The first-order chi connectivity index (χ1) is 28.6. The monoisotopic (exact) mass is 809 g/mol. The Morgan fingerprint density at radius 3 is 2.47 bits per heavy atom. The van der Waals surface area contributed by atoms with Gasteiger partial charge in [0.05, 0.1) is 54.4 Å². The molecule has 2 amide bonds. The Morgan fingerprint density at radius 1 is 1.00 bits per heavy atom. The molecule has 3 aromatic carbocycles. The number of amides is 2. The zero-order valence-electron chi connectivity index (χ0n) is 33.2. The second kappa shape index (κ2) is 16.7. The van der Waals surface area contributed by atoms with Crippen molar-refractivity contribution in [3.8, 4) is 17.6 Å². The van der Waals surface area contributed by atoms with Crippen LogP contribution in [0.15, 0.2) is 59.7 Å². The van der Waals surface area contributed by atoms with Gasteiger partial charge in [-0.1, -0.05) is 19.9 Å². The normalized spacial score (nSPS) is 26.4. The second-order valence-corrected chi connectivity index (χ2v) is 16.2. The third-order valence-corrected chi connectivity index (χ3v) is 12.8. The minimum Gasteiger partial charge on any atom is -0.453 e. The van der Waals surface area contributed by atoms with Crippen LogP contribution in [0.1, 0.15) is 81.9 Å². The molecule has 4 N–H and O–H groups in total. The summed E-state index contributed by atoms with van der Waals surface area (Å²) in [5.74, 6) is -1.27. The van der Waals surface area contributed by atoms with Gasteiger partial charge in [0.2, 0.25) is 11.8 Å². The van der Waals surface area contributed by atoms with E-state index >= 15 is 4.39 Å². The first kappa shape index (κ1) is 40.4. The van der Waals surface area contributed by atoms with Crippen molar-refractivity contribution in [2.45, 2.75) is 88.4 Å². The number of anilines is 2. The number of nitrogens with two attached hydrogens (primary N) is 1. The average Bonchev–Trinajstić information content (AvgIpc) is 3.64. The van der Waals surface area contributed by atoms with Crippen LogP contribution in [0.3, 0.4) is 0 Å². The van der Waals surface area contributed by atoms with Crippen molar-refractivity contribution in [2.75, 3.05) is 44.0 Å². The predicted molar refractivity (Wildman–Crippen MR) is 216 cm³/mol. The third-order valence-electron chi connectivity index (χ3n) is 12.8. The lowest BCUT2D eigenvalue weighted by Gasteiger charge is -2.52. The van der Waals surface area contributed by atoms with E-state index in [-0.39, 0.29) is 75.9 Å². The molecule has 59 heavy (non-hydrogen) atoms. The number of carbonyl (C=O) groups is 2. The number of imide groups is 1. The van der Waals surface area contributed by atoms with Gasteiger partial charge in [-0.25, -0.2) is 13.8 Å². The number of piperidine rings is 2. The number of nitriles is 1. The van der Waals surface area contributed by atoms with Crippen molar-refractivity contribution >= 4 is 34.1 Å².